The summed E-state index contributed by atoms with van der Waals surface area (Å²) in [7, 11) is 0. The Kier molecular flexibility index (Phi) is 5.13. The average molecular weight is 335 g/mol. The highest BCUT2D eigenvalue weighted by molar-refractivity contribution is 9.10. The second-order valence-corrected chi connectivity index (χ2v) is 5.54. The van der Waals surface area contributed by atoms with Gasteiger partial charge in [-0.15, -0.1) is 0 Å². The van der Waals surface area contributed by atoms with E-state index in [9.17, 15) is 4.79 Å². The molecule has 0 aromatic carbocycles. The number of carbonyl (C=O) groups is 1. The maximum absolute atomic E-state index is 11.9. The van der Waals surface area contributed by atoms with Crippen molar-refractivity contribution in [3.63, 3.8) is 0 Å². The molecule has 0 aliphatic heterocycles. The monoisotopic (exact) mass is 334 g/mol. The number of aromatic nitrogens is 1. The van der Waals surface area contributed by atoms with Gasteiger partial charge in [0.2, 0.25) is 0 Å². The van der Waals surface area contributed by atoms with E-state index in [0.717, 1.165) is 30.2 Å². The van der Waals surface area contributed by atoms with Crippen LogP contribution in [0.25, 0.3) is 0 Å². The lowest BCUT2D eigenvalue weighted by molar-refractivity contribution is -0.117. The van der Waals surface area contributed by atoms with Crippen molar-refractivity contribution in [1.29, 1.82) is 5.26 Å². The first-order chi connectivity index (χ1) is 9.69. The normalized spacial score (nSPS) is 15.7. The summed E-state index contributed by atoms with van der Waals surface area (Å²) in [6, 6.07) is 5.67. The molecular formula is C14H15BrN4O. The van der Waals surface area contributed by atoms with Crippen LogP contribution in [-0.4, -0.2) is 16.9 Å². The van der Waals surface area contributed by atoms with Gasteiger partial charge in [-0.25, -0.2) is 4.98 Å². The second kappa shape index (κ2) is 7.06. The lowest BCUT2D eigenvalue weighted by atomic mass is 10.2. The minimum Gasteiger partial charge on any atom is -0.349 e. The zero-order valence-electron chi connectivity index (χ0n) is 10.9. The first-order valence-electron chi connectivity index (χ1n) is 6.48. The van der Waals surface area contributed by atoms with Crippen molar-refractivity contribution in [2.45, 2.75) is 31.7 Å². The summed E-state index contributed by atoms with van der Waals surface area (Å²) in [5.74, 6) is 0.239. The van der Waals surface area contributed by atoms with Crippen LogP contribution in [-0.2, 0) is 4.79 Å². The van der Waals surface area contributed by atoms with E-state index in [-0.39, 0.29) is 17.5 Å². The summed E-state index contributed by atoms with van der Waals surface area (Å²) >= 11 is 3.33. The van der Waals surface area contributed by atoms with E-state index in [1.807, 2.05) is 6.07 Å². The molecule has 0 unspecified atom stereocenters. The van der Waals surface area contributed by atoms with Crippen molar-refractivity contribution in [2.75, 3.05) is 5.32 Å². The minimum atomic E-state index is -0.332. The van der Waals surface area contributed by atoms with E-state index in [1.54, 1.807) is 18.3 Å². The van der Waals surface area contributed by atoms with Gasteiger partial charge in [-0.05, 0) is 25.0 Å². The molecule has 0 saturated heterocycles. The van der Waals surface area contributed by atoms with Gasteiger partial charge >= 0.3 is 0 Å². The molecule has 20 heavy (non-hydrogen) atoms. The summed E-state index contributed by atoms with van der Waals surface area (Å²) < 4.78 is 0.873. The largest absolute Gasteiger partial charge is 0.349 e. The van der Waals surface area contributed by atoms with Gasteiger partial charge in [-0.2, -0.15) is 5.26 Å². The number of nitrogens with zero attached hydrogens (tertiary/aromatic N) is 2. The van der Waals surface area contributed by atoms with Gasteiger partial charge in [0.25, 0.3) is 5.91 Å². The summed E-state index contributed by atoms with van der Waals surface area (Å²) in [6.45, 7) is 0. The van der Waals surface area contributed by atoms with E-state index in [4.69, 9.17) is 5.26 Å². The van der Waals surface area contributed by atoms with Crippen LogP contribution in [0.2, 0.25) is 0 Å². The van der Waals surface area contributed by atoms with Crippen LogP contribution in [0.5, 0.6) is 0 Å². The molecule has 0 radical (unpaired) electrons. The SMILES string of the molecule is N#C/C(=C/Nc1cc(Br)ccn1)C(=O)NC1CCCC1. The Morgan fingerprint density at radius 1 is 1.50 bits per heavy atom. The summed E-state index contributed by atoms with van der Waals surface area (Å²) in [6.07, 6.45) is 7.27. The van der Waals surface area contributed by atoms with Crippen molar-refractivity contribution in [3.8, 4) is 6.07 Å². The highest BCUT2D eigenvalue weighted by Gasteiger charge is 2.19. The van der Waals surface area contributed by atoms with Crippen molar-refractivity contribution in [3.05, 3.63) is 34.6 Å². The smallest absolute Gasteiger partial charge is 0.263 e. The van der Waals surface area contributed by atoms with E-state index >= 15 is 0 Å². The number of nitrogens with one attached hydrogen (secondary N) is 2. The molecule has 2 rings (SSSR count). The molecule has 1 aromatic rings. The predicted octanol–water partition coefficient (Wildman–Crippen LogP) is 2.72. The molecule has 1 heterocycles. The Labute approximate surface area is 126 Å². The minimum absolute atomic E-state index is 0.0543. The molecule has 5 nitrogen and oxygen atoms in total. The van der Waals surface area contributed by atoms with Gasteiger partial charge in [-0.1, -0.05) is 28.8 Å². The van der Waals surface area contributed by atoms with E-state index in [0.29, 0.717) is 5.82 Å². The number of hydrogen-bond donors (Lipinski definition) is 2. The van der Waals surface area contributed by atoms with Gasteiger partial charge in [-0.3, -0.25) is 4.79 Å². The van der Waals surface area contributed by atoms with E-state index in [2.05, 4.69) is 31.5 Å². The molecule has 0 spiro atoms. The Morgan fingerprint density at radius 2 is 2.25 bits per heavy atom. The first-order valence-corrected chi connectivity index (χ1v) is 7.27. The molecule has 1 fully saturated rings. The zero-order chi connectivity index (χ0) is 14.4. The quantitative estimate of drug-likeness (QED) is 0.655. The first kappa shape index (κ1) is 14.5. The van der Waals surface area contributed by atoms with Crippen molar-refractivity contribution >= 4 is 27.7 Å². The number of anilines is 1. The van der Waals surface area contributed by atoms with E-state index in [1.165, 1.54) is 6.20 Å². The molecule has 1 aliphatic carbocycles. The second-order valence-electron chi connectivity index (χ2n) is 4.63. The topological polar surface area (TPSA) is 77.8 Å². The fourth-order valence-corrected chi connectivity index (χ4v) is 2.45. The molecule has 104 valence electrons. The van der Waals surface area contributed by atoms with Crippen LogP contribution >= 0.6 is 15.9 Å². The van der Waals surface area contributed by atoms with Crippen LogP contribution in [0.4, 0.5) is 5.82 Å². The van der Waals surface area contributed by atoms with Crippen LogP contribution < -0.4 is 10.6 Å². The molecule has 6 heteroatoms. The van der Waals surface area contributed by atoms with Crippen molar-refractivity contribution in [2.24, 2.45) is 0 Å². The maximum Gasteiger partial charge on any atom is 0.263 e. The predicted molar refractivity (Wildman–Crippen MR) is 79.7 cm³/mol. The molecule has 2 N–H and O–H groups in total. The Balaban J connectivity index is 1.98. The molecule has 1 aliphatic rings. The number of carbonyl (C=O) groups excluding carboxylic acids is 1. The number of amides is 1. The highest BCUT2D eigenvalue weighted by Crippen LogP contribution is 2.18. The van der Waals surface area contributed by atoms with Crippen LogP contribution in [0, 0.1) is 11.3 Å². The number of halogens is 1. The third-order valence-electron chi connectivity index (χ3n) is 3.14. The highest BCUT2D eigenvalue weighted by atomic mass is 79.9. The molecule has 1 aromatic heterocycles. The van der Waals surface area contributed by atoms with Crippen molar-refractivity contribution in [1.82, 2.24) is 10.3 Å². The molecule has 0 atom stereocenters. The van der Waals surface area contributed by atoms with Gasteiger partial charge < -0.3 is 10.6 Å². The number of pyridine rings is 1. The number of nitriles is 1. The lowest BCUT2D eigenvalue weighted by Gasteiger charge is -2.11. The van der Waals surface area contributed by atoms with Crippen LogP contribution in [0.15, 0.2) is 34.6 Å². The van der Waals surface area contributed by atoms with Gasteiger partial charge in [0.1, 0.15) is 17.5 Å². The fourth-order valence-electron chi connectivity index (χ4n) is 2.11. The number of rotatable bonds is 4. The summed E-state index contributed by atoms with van der Waals surface area (Å²) in [5.41, 5.74) is 0.0543. The molecule has 1 saturated carbocycles. The Hall–Kier alpha value is -1.87. The Morgan fingerprint density at radius 3 is 2.90 bits per heavy atom. The van der Waals surface area contributed by atoms with Crippen LogP contribution in [0.3, 0.4) is 0 Å². The van der Waals surface area contributed by atoms with Crippen molar-refractivity contribution < 1.29 is 4.79 Å². The summed E-state index contributed by atoms with van der Waals surface area (Å²) in [4.78, 5) is 16.0. The molecule has 1 amide bonds. The van der Waals surface area contributed by atoms with Crippen LogP contribution in [0.1, 0.15) is 25.7 Å². The maximum atomic E-state index is 11.9. The van der Waals surface area contributed by atoms with Gasteiger partial charge in [0.05, 0.1) is 0 Å². The molecular weight excluding hydrogens is 320 g/mol. The standard InChI is InChI=1S/C14H15BrN4O/c15-11-5-6-17-13(7-11)18-9-10(8-16)14(20)19-12-3-1-2-4-12/h5-7,9,12H,1-4H2,(H,17,18)(H,19,20)/b10-9-. The zero-order valence-corrected chi connectivity index (χ0v) is 12.5. The third kappa shape index (κ3) is 4.07. The Bertz CT molecular complexity index is 559. The van der Waals surface area contributed by atoms with E-state index < -0.39 is 0 Å². The molecule has 0 bridgehead atoms. The van der Waals surface area contributed by atoms with Gasteiger partial charge in [0.15, 0.2) is 0 Å². The van der Waals surface area contributed by atoms with Gasteiger partial charge in [0, 0.05) is 22.9 Å². The average Bonchev–Trinajstić information content (AvgIpc) is 2.92. The fraction of sp³-hybridized carbons (Fsp3) is 0.357. The third-order valence-corrected chi connectivity index (χ3v) is 3.64. The lowest BCUT2D eigenvalue weighted by Crippen LogP contribution is -2.33. The number of hydrogen-bond acceptors (Lipinski definition) is 4. The summed E-state index contributed by atoms with van der Waals surface area (Å²) in [5, 5.41) is 14.8.